The van der Waals surface area contributed by atoms with E-state index in [1.165, 1.54) is 25.7 Å². The van der Waals surface area contributed by atoms with E-state index in [4.69, 9.17) is 5.11 Å². The predicted octanol–water partition coefficient (Wildman–Crippen LogP) is 4.48. The van der Waals surface area contributed by atoms with Crippen LogP contribution >= 0.6 is 0 Å². The monoisotopic (exact) mass is 392 g/mol. The standard InChI is InChI=1S/C24H40O4/c1-14(4-7-22(27)28)17-5-6-18-16-13-21(26)20-12-15(25)8-10-24(20,3)19(16)9-11-23(17,18)2/h14-21,25-26H,4-13H2,1-3H3,(H,27,28)/t14?,15?,16-,17?,18-,19+,20-,21?,23+,24+/m0/s1. The maximum absolute atomic E-state index is 11.1. The van der Waals surface area contributed by atoms with E-state index in [9.17, 15) is 15.0 Å². The Bertz CT molecular complexity index is 605. The summed E-state index contributed by atoms with van der Waals surface area (Å²) >= 11 is 0. The van der Waals surface area contributed by atoms with Crippen LogP contribution in [0, 0.1) is 46.3 Å². The van der Waals surface area contributed by atoms with Gasteiger partial charge in [0.05, 0.1) is 12.2 Å². The van der Waals surface area contributed by atoms with Gasteiger partial charge in [0.25, 0.3) is 0 Å². The van der Waals surface area contributed by atoms with Gasteiger partial charge in [-0.3, -0.25) is 4.79 Å². The van der Waals surface area contributed by atoms with Crippen LogP contribution in [-0.4, -0.2) is 33.5 Å². The van der Waals surface area contributed by atoms with Gasteiger partial charge in [0.2, 0.25) is 0 Å². The first-order valence-corrected chi connectivity index (χ1v) is 11.7. The van der Waals surface area contributed by atoms with Crippen molar-refractivity contribution in [2.75, 3.05) is 0 Å². The lowest BCUT2D eigenvalue weighted by atomic mass is 9.44. The molecule has 4 aliphatic rings. The van der Waals surface area contributed by atoms with E-state index in [1.54, 1.807) is 0 Å². The van der Waals surface area contributed by atoms with Crippen LogP contribution in [0.25, 0.3) is 0 Å². The highest BCUT2D eigenvalue weighted by molar-refractivity contribution is 5.66. The number of carboxylic acid groups (broad SMARTS) is 1. The molecule has 0 aromatic rings. The van der Waals surface area contributed by atoms with Gasteiger partial charge in [-0.05, 0) is 104 Å². The number of fused-ring (bicyclic) bond motifs is 5. The molecular formula is C24H40O4. The van der Waals surface area contributed by atoms with Crippen molar-refractivity contribution in [3.63, 3.8) is 0 Å². The van der Waals surface area contributed by atoms with Crippen LogP contribution in [0.4, 0.5) is 0 Å². The molecule has 160 valence electrons. The second-order valence-corrected chi connectivity index (χ2v) is 11.4. The molecule has 4 unspecified atom stereocenters. The Labute approximate surface area is 170 Å². The Hall–Kier alpha value is -0.610. The van der Waals surface area contributed by atoms with Crippen LogP contribution in [0.1, 0.15) is 85.0 Å². The minimum atomic E-state index is -0.677. The highest BCUT2D eigenvalue weighted by Crippen LogP contribution is 2.68. The molecule has 4 fully saturated rings. The minimum Gasteiger partial charge on any atom is -0.481 e. The second-order valence-electron chi connectivity index (χ2n) is 11.4. The molecule has 4 saturated carbocycles. The first-order valence-electron chi connectivity index (χ1n) is 11.7. The minimum absolute atomic E-state index is 0.176. The fraction of sp³-hybridized carbons (Fsp3) is 0.958. The van der Waals surface area contributed by atoms with Crippen molar-refractivity contribution < 1.29 is 20.1 Å². The second kappa shape index (κ2) is 7.27. The highest BCUT2D eigenvalue weighted by atomic mass is 16.4. The quantitative estimate of drug-likeness (QED) is 0.659. The highest BCUT2D eigenvalue weighted by Gasteiger charge is 2.62. The summed E-state index contributed by atoms with van der Waals surface area (Å²) in [6.45, 7) is 7.16. The van der Waals surface area contributed by atoms with E-state index < -0.39 is 5.97 Å². The largest absolute Gasteiger partial charge is 0.481 e. The smallest absolute Gasteiger partial charge is 0.303 e. The fourth-order valence-corrected chi connectivity index (χ4v) is 8.81. The summed E-state index contributed by atoms with van der Waals surface area (Å²) < 4.78 is 0. The van der Waals surface area contributed by atoms with Crippen molar-refractivity contribution in [3.8, 4) is 0 Å². The molecule has 4 rings (SSSR count). The zero-order valence-electron chi connectivity index (χ0n) is 17.9. The molecule has 0 aromatic heterocycles. The van der Waals surface area contributed by atoms with Crippen molar-refractivity contribution in [1.29, 1.82) is 0 Å². The first-order chi connectivity index (χ1) is 13.2. The van der Waals surface area contributed by atoms with Crippen molar-refractivity contribution in [2.45, 2.75) is 97.2 Å². The number of carbonyl (C=O) groups is 1. The Morgan fingerprint density at radius 2 is 1.64 bits per heavy atom. The molecule has 0 heterocycles. The van der Waals surface area contributed by atoms with Gasteiger partial charge in [0.1, 0.15) is 0 Å². The Kier molecular flexibility index (Phi) is 5.36. The fourth-order valence-electron chi connectivity index (χ4n) is 8.81. The summed E-state index contributed by atoms with van der Waals surface area (Å²) in [4.78, 5) is 11.1. The molecular weight excluding hydrogens is 352 g/mol. The molecule has 0 radical (unpaired) electrons. The number of carboxylic acids is 1. The molecule has 4 aliphatic carbocycles. The molecule has 0 aromatic carbocycles. The molecule has 4 heteroatoms. The van der Waals surface area contributed by atoms with E-state index in [-0.39, 0.29) is 30.0 Å². The zero-order chi connectivity index (χ0) is 20.3. The molecule has 0 amide bonds. The topological polar surface area (TPSA) is 77.8 Å². The van der Waals surface area contributed by atoms with Gasteiger partial charge in [-0.2, -0.15) is 0 Å². The van der Waals surface area contributed by atoms with Gasteiger partial charge in [-0.1, -0.05) is 20.8 Å². The van der Waals surface area contributed by atoms with E-state index in [1.807, 2.05) is 0 Å². The molecule has 3 N–H and O–H groups in total. The Morgan fingerprint density at radius 1 is 0.964 bits per heavy atom. The third-order valence-corrected chi connectivity index (χ3v) is 10.2. The number of hydrogen-bond donors (Lipinski definition) is 3. The summed E-state index contributed by atoms with van der Waals surface area (Å²) in [5.41, 5.74) is 0.478. The Morgan fingerprint density at radius 3 is 2.36 bits per heavy atom. The summed E-state index contributed by atoms with van der Waals surface area (Å²) in [7, 11) is 0. The van der Waals surface area contributed by atoms with E-state index in [0.717, 1.165) is 32.1 Å². The maximum Gasteiger partial charge on any atom is 0.303 e. The first kappa shape index (κ1) is 20.7. The summed E-state index contributed by atoms with van der Waals surface area (Å²) in [6, 6.07) is 0. The van der Waals surface area contributed by atoms with Crippen molar-refractivity contribution in [3.05, 3.63) is 0 Å². The normalized spacial score (nSPS) is 51.7. The molecule has 0 spiro atoms. The molecule has 4 nitrogen and oxygen atoms in total. The average Bonchev–Trinajstić information content (AvgIpc) is 2.99. The number of aliphatic carboxylic acids is 1. The summed E-state index contributed by atoms with van der Waals surface area (Å²) in [5.74, 6) is 2.61. The molecule has 28 heavy (non-hydrogen) atoms. The lowest BCUT2D eigenvalue weighted by Crippen LogP contribution is -2.58. The van der Waals surface area contributed by atoms with Crippen molar-refractivity contribution >= 4 is 5.97 Å². The molecule has 0 saturated heterocycles. The zero-order valence-corrected chi connectivity index (χ0v) is 17.9. The predicted molar refractivity (Wildman–Crippen MR) is 109 cm³/mol. The van der Waals surface area contributed by atoms with Crippen molar-refractivity contribution in [1.82, 2.24) is 0 Å². The van der Waals surface area contributed by atoms with Crippen LogP contribution in [0.3, 0.4) is 0 Å². The van der Waals surface area contributed by atoms with E-state index in [0.29, 0.717) is 35.0 Å². The number of aliphatic hydroxyl groups is 2. The lowest BCUT2D eigenvalue weighted by molar-refractivity contribution is -0.172. The van der Waals surface area contributed by atoms with Crippen LogP contribution in [-0.2, 0) is 4.79 Å². The number of aliphatic hydroxyl groups excluding tert-OH is 2. The summed E-state index contributed by atoms with van der Waals surface area (Å²) in [6.07, 6.45) is 9.16. The molecule has 10 atom stereocenters. The average molecular weight is 393 g/mol. The van der Waals surface area contributed by atoms with Crippen LogP contribution in [0.2, 0.25) is 0 Å². The van der Waals surface area contributed by atoms with Crippen LogP contribution in [0.5, 0.6) is 0 Å². The van der Waals surface area contributed by atoms with E-state index >= 15 is 0 Å². The third-order valence-electron chi connectivity index (χ3n) is 10.2. The van der Waals surface area contributed by atoms with Gasteiger partial charge in [0, 0.05) is 6.42 Å². The van der Waals surface area contributed by atoms with Gasteiger partial charge in [0.15, 0.2) is 0 Å². The maximum atomic E-state index is 11.1. The van der Waals surface area contributed by atoms with Crippen LogP contribution < -0.4 is 0 Å². The van der Waals surface area contributed by atoms with Gasteiger partial charge in [-0.15, -0.1) is 0 Å². The van der Waals surface area contributed by atoms with Crippen LogP contribution in [0.15, 0.2) is 0 Å². The number of hydrogen-bond acceptors (Lipinski definition) is 3. The van der Waals surface area contributed by atoms with Crippen molar-refractivity contribution in [2.24, 2.45) is 46.3 Å². The Balaban J connectivity index is 1.55. The SMILES string of the molecule is CC(CCC(=O)O)C1CC[C@H]2[C@@H]3CC(O)[C@@H]4CC(O)CC[C@]4(C)[C@@H]3CC[C@]12C. The third kappa shape index (κ3) is 3.14. The van der Waals surface area contributed by atoms with E-state index in [2.05, 4.69) is 20.8 Å². The van der Waals surface area contributed by atoms with Gasteiger partial charge < -0.3 is 15.3 Å². The van der Waals surface area contributed by atoms with Gasteiger partial charge >= 0.3 is 5.97 Å². The lowest BCUT2D eigenvalue weighted by Gasteiger charge is -2.62. The number of rotatable bonds is 4. The summed E-state index contributed by atoms with van der Waals surface area (Å²) in [5, 5.41) is 30.4. The molecule has 0 bridgehead atoms. The molecule has 0 aliphatic heterocycles. The van der Waals surface area contributed by atoms with Gasteiger partial charge in [-0.25, -0.2) is 0 Å².